The zero-order valence-corrected chi connectivity index (χ0v) is 7.74. The van der Waals surface area contributed by atoms with E-state index in [0.29, 0.717) is 0 Å². The molecule has 0 fully saturated rings. The maximum absolute atomic E-state index is 13.0. The Morgan fingerprint density at radius 3 is 2.50 bits per heavy atom. The topological polar surface area (TPSA) is 76.8 Å². The predicted molar refractivity (Wildman–Crippen MR) is 55.0 cm³/mol. The van der Waals surface area contributed by atoms with Crippen LogP contribution in [0.4, 0.5) is 10.1 Å². The molecule has 4 N–H and O–H groups in total. The summed E-state index contributed by atoms with van der Waals surface area (Å²) in [4.78, 5) is 7.42. The molecule has 0 heterocycles. The Kier molecular flexibility index (Phi) is 3.17. The summed E-state index contributed by atoms with van der Waals surface area (Å²) in [6, 6.07) is 6.03. The fourth-order valence-electron chi connectivity index (χ4n) is 0.871. The molecule has 0 saturated carbocycles. The van der Waals surface area contributed by atoms with Gasteiger partial charge in [0.2, 0.25) is 5.96 Å². The number of aliphatic imine (C=N–C) groups is 2. The van der Waals surface area contributed by atoms with E-state index < -0.39 is 5.82 Å². The Bertz CT molecular complexity index is 380. The summed E-state index contributed by atoms with van der Waals surface area (Å²) < 4.78 is 13.0. The number of halogens is 1. The van der Waals surface area contributed by atoms with Gasteiger partial charge in [-0.25, -0.2) is 14.4 Å². The number of guanidine groups is 1. The van der Waals surface area contributed by atoms with Crippen LogP contribution in [0.5, 0.6) is 0 Å². The van der Waals surface area contributed by atoms with Crippen LogP contribution in [-0.2, 0) is 0 Å². The minimum absolute atomic E-state index is 0.0601. The van der Waals surface area contributed by atoms with Crippen molar-refractivity contribution in [1.29, 1.82) is 0 Å². The van der Waals surface area contributed by atoms with Crippen LogP contribution in [0, 0.1) is 5.82 Å². The Morgan fingerprint density at radius 1 is 1.29 bits per heavy atom. The molecule has 14 heavy (non-hydrogen) atoms. The average molecular weight is 194 g/mol. The molecule has 0 aromatic heterocycles. The molecule has 0 aliphatic heterocycles. The molecule has 74 valence electrons. The first-order chi connectivity index (χ1) is 6.59. The standard InChI is InChI=1S/C9H11FN4/c1-6(11)13-9(12)14-8-5-3-2-4-7(8)10/h2-5H,1H3,(H4,11,12,13,14). The lowest BCUT2D eigenvalue weighted by atomic mass is 10.3. The fraction of sp³-hybridized carbons (Fsp3) is 0.111. The minimum atomic E-state index is -0.444. The molecule has 0 amide bonds. The van der Waals surface area contributed by atoms with Gasteiger partial charge in [-0.15, -0.1) is 0 Å². The first kappa shape index (κ1) is 10.2. The van der Waals surface area contributed by atoms with Crippen LogP contribution in [0.3, 0.4) is 0 Å². The third-order valence-electron chi connectivity index (χ3n) is 1.38. The quantitative estimate of drug-likeness (QED) is 0.519. The van der Waals surface area contributed by atoms with E-state index in [1.54, 1.807) is 19.1 Å². The average Bonchev–Trinajstić information content (AvgIpc) is 2.07. The van der Waals surface area contributed by atoms with Crippen molar-refractivity contribution in [3.63, 3.8) is 0 Å². The van der Waals surface area contributed by atoms with Crippen molar-refractivity contribution in [1.82, 2.24) is 0 Å². The smallest absolute Gasteiger partial charge is 0.222 e. The van der Waals surface area contributed by atoms with Crippen molar-refractivity contribution < 1.29 is 4.39 Å². The minimum Gasteiger partial charge on any atom is -0.387 e. The highest BCUT2D eigenvalue weighted by Crippen LogP contribution is 2.15. The Balaban J connectivity index is 2.98. The highest BCUT2D eigenvalue weighted by Gasteiger charge is 1.98. The molecule has 1 aromatic carbocycles. The van der Waals surface area contributed by atoms with E-state index >= 15 is 0 Å². The number of rotatable bonds is 1. The first-order valence-electron chi connectivity index (χ1n) is 3.99. The number of benzene rings is 1. The summed E-state index contributed by atoms with van der Waals surface area (Å²) in [5.41, 5.74) is 10.8. The summed E-state index contributed by atoms with van der Waals surface area (Å²) in [6.45, 7) is 1.57. The van der Waals surface area contributed by atoms with Gasteiger partial charge in [0, 0.05) is 0 Å². The molecule has 0 atom stereocenters. The van der Waals surface area contributed by atoms with Crippen LogP contribution in [0.25, 0.3) is 0 Å². The van der Waals surface area contributed by atoms with Gasteiger partial charge in [0.25, 0.3) is 0 Å². The van der Waals surface area contributed by atoms with Crippen LogP contribution < -0.4 is 11.5 Å². The van der Waals surface area contributed by atoms with E-state index in [4.69, 9.17) is 11.5 Å². The zero-order valence-electron chi connectivity index (χ0n) is 7.74. The molecule has 0 unspecified atom stereocenters. The van der Waals surface area contributed by atoms with E-state index in [-0.39, 0.29) is 17.5 Å². The highest BCUT2D eigenvalue weighted by molar-refractivity contribution is 5.94. The summed E-state index contributed by atoms with van der Waals surface area (Å²) in [7, 11) is 0. The lowest BCUT2D eigenvalue weighted by Gasteiger charge is -1.96. The predicted octanol–water partition coefficient (Wildman–Crippen LogP) is 1.15. The van der Waals surface area contributed by atoms with Crippen LogP contribution >= 0.6 is 0 Å². The van der Waals surface area contributed by atoms with Crippen molar-refractivity contribution in [2.45, 2.75) is 6.92 Å². The fourth-order valence-corrected chi connectivity index (χ4v) is 0.871. The van der Waals surface area contributed by atoms with Crippen molar-refractivity contribution in [3.8, 4) is 0 Å². The monoisotopic (exact) mass is 194 g/mol. The van der Waals surface area contributed by atoms with Crippen molar-refractivity contribution >= 4 is 17.5 Å². The van der Waals surface area contributed by atoms with E-state index in [9.17, 15) is 4.39 Å². The van der Waals surface area contributed by atoms with E-state index in [1.807, 2.05) is 0 Å². The first-order valence-corrected chi connectivity index (χ1v) is 3.99. The molecule has 0 bridgehead atoms. The van der Waals surface area contributed by atoms with Gasteiger partial charge >= 0.3 is 0 Å². The lowest BCUT2D eigenvalue weighted by Crippen LogP contribution is -2.15. The number of amidine groups is 1. The molecule has 0 radical (unpaired) electrons. The normalized spacial score (nSPS) is 13.0. The summed E-state index contributed by atoms with van der Waals surface area (Å²) in [5, 5.41) is 0. The van der Waals surface area contributed by atoms with Gasteiger partial charge < -0.3 is 11.5 Å². The number of para-hydroxylation sites is 1. The molecule has 1 rings (SSSR count). The molecule has 0 aliphatic rings. The van der Waals surface area contributed by atoms with Gasteiger partial charge in [0.15, 0.2) is 0 Å². The number of nitrogens with two attached hydrogens (primary N) is 2. The number of nitrogens with zero attached hydrogens (tertiary/aromatic N) is 2. The van der Waals surface area contributed by atoms with Gasteiger partial charge in [-0.1, -0.05) is 12.1 Å². The second-order valence-corrected chi connectivity index (χ2v) is 2.67. The summed E-state index contributed by atoms with van der Waals surface area (Å²) in [6.07, 6.45) is 0. The summed E-state index contributed by atoms with van der Waals surface area (Å²) >= 11 is 0. The maximum atomic E-state index is 13.0. The second-order valence-electron chi connectivity index (χ2n) is 2.67. The summed E-state index contributed by atoms with van der Waals surface area (Å²) in [5.74, 6) is -0.224. The molecule has 0 spiro atoms. The zero-order chi connectivity index (χ0) is 10.6. The van der Waals surface area contributed by atoms with Crippen LogP contribution in [0.15, 0.2) is 34.3 Å². The lowest BCUT2D eigenvalue weighted by molar-refractivity contribution is 0.630. The van der Waals surface area contributed by atoms with E-state index in [0.717, 1.165) is 0 Å². The largest absolute Gasteiger partial charge is 0.387 e. The maximum Gasteiger partial charge on any atom is 0.222 e. The van der Waals surface area contributed by atoms with Crippen molar-refractivity contribution in [3.05, 3.63) is 30.1 Å². The van der Waals surface area contributed by atoms with Gasteiger partial charge in [0.05, 0.1) is 5.84 Å². The number of hydrogen-bond donors (Lipinski definition) is 2. The Morgan fingerprint density at radius 2 is 1.93 bits per heavy atom. The van der Waals surface area contributed by atoms with E-state index in [1.165, 1.54) is 12.1 Å². The molecule has 0 aliphatic carbocycles. The van der Waals surface area contributed by atoms with Crippen LogP contribution in [0.2, 0.25) is 0 Å². The molecule has 4 nitrogen and oxygen atoms in total. The van der Waals surface area contributed by atoms with Gasteiger partial charge in [-0.2, -0.15) is 0 Å². The number of hydrogen-bond acceptors (Lipinski definition) is 1. The highest BCUT2D eigenvalue weighted by atomic mass is 19.1. The Hall–Kier alpha value is -1.91. The third-order valence-corrected chi connectivity index (χ3v) is 1.38. The third kappa shape index (κ3) is 2.85. The SMILES string of the molecule is CC(N)=NC(N)=Nc1ccccc1F. The van der Waals surface area contributed by atoms with Gasteiger partial charge in [-0.05, 0) is 19.1 Å². The van der Waals surface area contributed by atoms with E-state index in [2.05, 4.69) is 9.98 Å². The van der Waals surface area contributed by atoms with Gasteiger partial charge in [0.1, 0.15) is 11.5 Å². The van der Waals surface area contributed by atoms with Crippen molar-refractivity contribution in [2.24, 2.45) is 21.5 Å². The second kappa shape index (κ2) is 4.36. The van der Waals surface area contributed by atoms with Crippen LogP contribution in [0.1, 0.15) is 6.92 Å². The molecular weight excluding hydrogens is 183 g/mol. The van der Waals surface area contributed by atoms with Crippen molar-refractivity contribution in [2.75, 3.05) is 0 Å². The molecule has 5 heteroatoms. The molecule has 0 saturated heterocycles. The molecule has 1 aromatic rings. The van der Waals surface area contributed by atoms with Crippen LogP contribution in [-0.4, -0.2) is 11.8 Å². The Labute approximate surface area is 81.2 Å². The van der Waals surface area contributed by atoms with Gasteiger partial charge in [-0.3, -0.25) is 0 Å². The molecular formula is C9H11FN4.